The van der Waals surface area contributed by atoms with Gasteiger partial charge in [0.1, 0.15) is 5.60 Å². The minimum absolute atomic E-state index is 0.197. The summed E-state index contributed by atoms with van der Waals surface area (Å²) in [6.45, 7) is 0. The molecular formula is C9H12O2. The van der Waals surface area contributed by atoms with Crippen molar-refractivity contribution in [1.82, 2.24) is 0 Å². The Morgan fingerprint density at radius 3 is 2.45 bits per heavy atom. The Balaban J connectivity index is 2.76. The maximum atomic E-state index is 11.2. The van der Waals surface area contributed by atoms with Crippen molar-refractivity contribution in [3.63, 3.8) is 0 Å². The van der Waals surface area contributed by atoms with Crippen LogP contribution in [0.5, 0.6) is 0 Å². The van der Waals surface area contributed by atoms with E-state index in [4.69, 9.17) is 11.2 Å². The van der Waals surface area contributed by atoms with Gasteiger partial charge in [-0.25, -0.2) is 0 Å². The van der Waals surface area contributed by atoms with Crippen LogP contribution in [0.4, 0.5) is 0 Å². The van der Waals surface area contributed by atoms with E-state index >= 15 is 0 Å². The lowest BCUT2D eigenvalue weighted by atomic mass is 9.97. The molecule has 2 heteroatoms. The van der Waals surface area contributed by atoms with E-state index in [1.165, 1.54) is 0 Å². The third-order valence-corrected chi connectivity index (χ3v) is 2.35. The van der Waals surface area contributed by atoms with Crippen LogP contribution in [0.15, 0.2) is 0 Å². The predicted molar refractivity (Wildman–Crippen MR) is 42.0 cm³/mol. The third kappa shape index (κ3) is 1.29. The lowest BCUT2D eigenvalue weighted by Crippen LogP contribution is -2.36. The monoisotopic (exact) mass is 152 g/mol. The maximum absolute atomic E-state index is 11.2. The van der Waals surface area contributed by atoms with Gasteiger partial charge in [0.15, 0.2) is 0 Å². The number of carbonyl (C=O) groups excluding carboxylic acids is 1. The van der Waals surface area contributed by atoms with Crippen LogP contribution in [0.3, 0.4) is 0 Å². The SMILES string of the molecule is C#CC(=O)C1(OC)CCCC1. The topological polar surface area (TPSA) is 26.3 Å². The zero-order valence-corrected chi connectivity index (χ0v) is 6.72. The van der Waals surface area contributed by atoms with E-state index in [1.807, 2.05) is 0 Å². The number of methoxy groups -OCH3 is 1. The number of hydrogen-bond acceptors (Lipinski definition) is 2. The third-order valence-electron chi connectivity index (χ3n) is 2.35. The van der Waals surface area contributed by atoms with Crippen LogP contribution < -0.4 is 0 Å². The zero-order valence-electron chi connectivity index (χ0n) is 6.72. The van der Waals surface area contributed by atoms with Gasteiger partial charge in [0.2, 0.25) is 5.78 Å². The van der Waals surface area contributed by atoms with Crippen molar-refractivity contribution in [3.8, 4) is 12.3 Å². The molecule has 2 nitrogen and oxygen atoms in total. The van der Waals surface area contributed by atoms with Crippen molar-refractivity contribution >= 4 is 5.78 Å². The number of ketones is 1. The largest absolute Gasteiger partial charge is 0.369 e. The second-order valence-corrected chi connectivity index (χ2v) is 2.88. The molecule has 11 heavy (non-hydrogen) atoms. The lowest BCUT2D eigenvalue weighted by molar-refractivity contribution is -0.134. The molecule has 0 aromatic carbocycles. The molecule has 0 amide bonds. The molecule has 0 aliphatic heterocycles. The van der Waals surface area contributed by atoms with Crippen LogP contribution in [-0.4, -0.2) is 18.5 Å². The van der Waals surface area contributed by atoms with Crippen molar-refractivity contribution in [2.75, 3.05) is 7.11 Å². The normalized spacial score (nSPS) is 21.1. The molecule has 1 rings (SSSR count). The van der Waals surface area contributed by atoms with Crippen molar-refractivity contribution in [1.29, 1.82) is 0 Å². The summed E-state index contributed by atoms with van der Waals surface area (Å²) >= 11 is 0. The van der Waals surface area contributed by atoms with E-state index in [-0.39, 0.29) is 5.78 Å². The summed E-state index contributed by atoms with van der Waals surface area (Å²) < 4.78 is 5.16. The Kier molecular flexibility index (Phi) is 2.31. The van der Waals surface area contributed by atoms with Gasteiger partial charge in [-0.15, -0.1) is 6.42 Å². The summed E-state index contributed by atoms with van der Waals surface area (Å²) in [6.07, 6.45) is 8.69. The highest BCUT2D eigenvalue weighted by Gasteiger charge is 2.39. The van der Waals surface area contributed by atoms with Gasteiger partial charge in [-0.3, -0.25) is 4.79 Å². The fourth-order valence-corrected chi connectivity index (χ4v) is 1.60. The maximum Gasteiger partial charge on any atom is 0.236 e. The second-order valence-electron chi connectivity index (χ2n) is 2.88. The molecule has 1 saturated carbocycles. The van der Waals surface area contributed by atoms with Gasteiger partial charge in [-0.1, -0.05) is 0 Å². The van der Waals surface area contributed by atoms with E-state index < -0.39 is 5.60 Å². The lowest BCUT2D eigenvalue weighted by Gasteiger charge is -2.22. The first-order valence-corrected chi connectivity index (χ1v) is 3.81. The molecule has 1 fully saturated rings. The predicted octanol–water partition coefficient (Wildman–Crippen LogP) is 1.15. The number of rotatable bonds is 2. The van der Waals surface area contributed by atoms with E-state index in [1.54, 1.807) is 7.11 Å². The van der Waals surface area contributed by atoms with Crippen molar-refractivity contribution < 1.29 is 9.53 Å². The summed E-state index contributed by atoms with van der Waals surface area (Å²) in [7, 11) is 1.56. The Hall–Kier alpha value is -0.810. The molecular weight excluding hydrogens is 140 g/mol. The van der Waals surface area contributed by atoms with Crippen molar-refractivity contribution in [3.05, 3.63) is 0 Å². The quantitative estimate of drug-likeness (QED) is 0.438. The molecule has 0 heterocycles. The minimum atomic E-state index is -0.630. The zero-order chi connectivity index (χ0) is 8.32. The first-order chi connectivity index (χ1) is 5.25. The molecule has 0 bridgehead atoms. The van der Waals surface area contributed by atoms with Gasteiger partial charge in [-0.05, 0) is 31.6 Å². The van der Waals surface area contributed by atoms with Gasteiger partial charge in [0.25, 0.3) is 0 Å². The minimum Gasteiger partial charge on any atom is -0.369 e. The van der Waals surface area contributed by atoms with E-state index in [2.05, 4.69) is 5.92 Å². The van der Waals surface area contributed by atoms with Crippen molar-refractivity contribution in [2.24, 2.45) is 0 Å². The highest BCUT2D eigenvalue weighted by Crippen LogP contribution is 2.33. The molecule has 0 radical (unpaired) electrons. The number of terminal acetylenes is 1. The van der Waals surface area contributed by atoms with E-state index in [9.17, 15) is 4.79 Å². The van der Waals surface area contributed by atoms with Gasteiger partial charge in [0.05, 0.1) is 0 Å². The van der Waals surface area contributed by atoms with Crippen LogP contribution in [-0.2, 0) is 9.53 Å². The molecule has 1 aliphatic carbocycles. The molecule has 0 atom stereocenters. The molecule has 0 aromatic rings. The molecule has 0 saturated heterocycles. The van der Waals surface area contributed by atoms with Gasteiger partial charge >= 0.3 is 0 Å². The first-order valence-electron chi connectivity index (χ1n) is 3.81. The fourth-order valence-electron chi connectivity index (χ4n) is 1.60. The van der Waals surface area contributed by atoms with Gasteiger partial charge < -0.3 is 4.74 Å². The van der Waals surface area contributed by atoms with Crippen LogP contribution in [0.1, 0.15) is 25.7 Å². The summed E-state index contributed by atoms with van der Waals surface area (Å²) in [5.74, 6) is 1.94. The molecule has 0 N–H and O–H groups in total. The van der Waals surface area contributed by atoms with Gasteiger partial charge in [-0.2, -0.15) is 0 Å². The average molecular weight is 152 g/mol. The molecule has 0 unspecified atom stereocenters. The number of Topliss-reactive ketones (excluding diaryl/α,β-unsaturated/α-hetero) is 1. The Labute approximate surface area is 66.9 Å². The number of ether oxygens (including phenoxy) is 1. The molecule has 60 valence electrons. The summed E-state index contributed by atoms with van der Waals surface area (Å²) in [5, 5.41) is 0. The van der Waals surface area contributed by atoms with Crippen LogP contribution in [0.25, 0.3) is 0 Å². The highest BCUT2D eigenvalue weighted by molar-refractivity contribution is 6.01. The Bertz CT molecular complexity index is 194. The molecule has 0 spiro atoms. The first kappa shape index (κ1) is 8.29. The average Bonchev–Trinajstić information content (AvgIpc) is 2.52. The van der Waals surface area contributed by atoms with Crippen LogP contribution >= 0.6 is 0 Å². The van der Waals surface area contributed by atoms with E-state index in [0.717, 1.165) is 25.7 Å². The smallest absolute Gasteiger partial charge is 0.236 e. The van der Waals surface area contributed by atoms with Crippen LogP contribution in [0, 0.1) is 12.3 Å². The number of hydrogen-bond donors (Lipinski definition) is 0. The summed E-state index contributed by atoms with van der Waals surface area (Å²) in [4.78, 5) is 11.2. The fraction of sp³-hybridized carbons (Fsp3) is 0.667. The van der Waals surface area contributed by atoms with E-state index in [0.29, 0.717) is 0 Å². The summed E-state index contributed by atoms with van der Waals surface area (Å²) in [5.41, 5.74) is -0.630. The standard InChI is InChI=1S/C9H12O2/c1-3-8(10)9(11-2)6-4-5-7-9/h1H,4-7H2,2H3. The Morgan fingerprint density at radius 1 is 1.55 bits per heavy atom. The highest BCUT2D eigenvalue weighted by atomic mass is 16.5. The van der Waals surface area contributed by atoms with Crippen molar-refractivity contribution in [2.45, 2.75) is 31.3 Å². The Morgan fingerprint density at radius 2 is 2.09 bits per heavy atom. The van der Waals surface area contributed by atoms with Crippen LogP contribution in [0.2, 0.25) is 0 Å². The number of carbonyl (C=O) groups is 1. The van der Waals surface area contributed by atoms with Gasteiger partial charge in [0, 0.05) is 7.11 Å². The molecule has 0 aromatic heterocycles. The molecule has 1 aliphatic rings. The second kappa shape index (κ2) is 3.06. The summed E-state index contributed by atoms with van der Waals surface area (Å²) in [6, 6.07) is 0.